The van der Waals surface area contributed by atoms with E-state index in [9.17, 15) is 19.2 Å². The molecule has 0 spiro atoms. The highest BCUT2D eigenvalue weighted by molar-refractivity contribution is 6.68. The molecule has 0 aliphatic rings. The van der Waals surface area contributed by atoms with E-state index in [-0.39, 0.29) is 27.4 Å². The third-order valence-electron chi connectivity index (χ3n) is 3.53. The third kappa shape index (κ3) is 3.35. The first kappa shape index (κ1) is 17.8. The topological polar surface area (TPSA) is 102 Å². The minimum atomic E-state index is -0.795. The molecule has 130 valence electrons. The fourth-order valence-electron chi connectivity index (χ4n) is 2.35. The number of carbonyl (C=O) groups is 2. The molecule has 3 aromatic rings. The van der Waals surface area contributed by atoms with Gasteiger partial charge >= 0.3 is 5.69 Å². The smallest absolute Gasteiger partial charge is 0.289 e. The summed E-state index contributed by atoms with van der Waals surface area (Å²) in [7, 11) is 0. The van der Waals surface area contributed by atoms with Crippen LogP contribution >= 0.6 is 23.2 Å². The van der Waals surface area contributed by atoms with Gasteiger partial charge in [0.2, 0.25) is 0 Å². The second kappa shape index (κ2) is 7.07. The van der Waals surface area contributed by atoms with Gasteiger partial charge < -0.3 is 0 Å². The Balaban J connectivity index is 2.15. The van der Waals surface area contributed by atoms with Crippen molar-refractivity contribution in [2.75, 3.05) is 0 Å². The van der Waals surface area contributed by atoms with Gasteiger partial charge in [-0.1, -0.05) is 23.7 Å². The Bertz CT molecular complexity index is 1150. The molecule has 9 heteroatoms. The Morgan fingerprint density at radius 2 is 1.77 bits per heavy atom. The molecule has 26 heavy (non-hydrogen) atoms. The molecule has 0 unspecified atom stereocenters. The first-order valence-electron chi connectivity index (χ1n) is 7.20. The molecule has 0 saturated heterocycles. The lowest BCUT2D eigenvalue weighted by Crippen LogP contribution is -2.31. The zero-order chi connectivity index (χ0) is 18.8. The molecular formula is C17H9Cl2N3O4. The van der Waals surface area contributed by atoms with Crippen molar-refractivity contribution >= 4 is 34.2 Å². The zero-order valence-corrected chi connectivity index (χ0v) is 14.4. The van der Waals surface area contributed by atoms with E-state index >= 15 is 0 Å². The molecule has 7 nitrogen and oxygen atoms in total. The van der Waals surface area contributed by atoms with E-state index in [0.717, 1.165) is 10.9 Å². The van der Waals surface area contributed by atoms with Crippen molar-refractivity contribution in [2.24, 2.45) is 0 Å². The Morgan fingerprint density at radius 3 is 2.46 bits per heavy atom. The van der Waals surface area contributed by atoms with Crippen LogP contribution in [0, 0.1) is 0 Å². The first-order chi connectivity index (χ1) is 12.4. The minimum Gasteiger partial charge on any atom is -0.289 e. The molecule has 0 fully saturated rings. The van der Waals surface area contributed by atoms with Gasteiger partial charge in [-0.3, -0.25) is 19.4 Å². The number of rotatable bonds is 4. The van der Waals surface area contributed by atoms with Gasteiger partial charge in [-0.15, -0.1) is 0 Å². The molecule has 0 radical (unpaired) electrons. The fraction of sp³-hybridized carbons (Fsp3) is 0. The number of hydrogen-bond donors (Lipinski definition) is 1. The molecule has 0 bridgehead atoms. The van der Waals surface area contributed by atoms with Crippen molar-refractivity contribution in [1.29, 1.82) is 0 Å². The van der Waals surface area contributed by atoms with E-state index < -0.39 is 22.3 Å². The predicted molar refractivity (Wildman–Crippen MR) is 95.5 cm³/mol. The molecule has 1 heterocycles. The van der Waals surface area contributed by atoms with Crippen molar-refractivity contribution in [3.8, 4) is 5.69 Å². The van der Waals surface area contributed by atoms with Gasteiger partial charge in [0.25, 0.3) is 10.8 Å². The van der Waals surface area contributed by atoms with Gasteiger partial charge in [0.05, 0.1) is 16.3 Å². The monoisotopic (exact) mass is 389 g/mol. The lowest BCUT2D eigenvalue weighted by molar-refractivity contribution is 0.103. The van der Waals surface area contributed by atoms with Crippen LogP contribution in [0.25, 0.3) is 5.69 Å². The number of aromatic amines is 1. The van der Waals surface area contributed by atoms with Crippen LogP contribution in [0.2, 0.25) is 5.02 Å². The van der Waals surface area contributed by atoms with E-state index in [1.54, 1.807) is 12.1 Å². The number of benzene rings is 2. The summed E-state index contributed by atoms with van der Waals surface area (Å²) in [5.74, 6) is -0.476. The van der Waals surface area contributed by atoms with E-state index in [1.807, 2.05) is 0 Å². The van der Waals surface area contributed by atoms with Crippen LogP contribution in [0.3, 0.4) is 0 Å². The summed E-state index contributed by atoms with van der Waals surface area (Å²) in [6.45, 7) is 0. The van der Waals surface area contributed by atoms with E-state index in [1.165, 1.54) is 30.3 Å². The maximum atomic E-state index is 12.9. The number of carbonyl (C=O) groups excluding carboxylic acids is 2. The number of nitrogens with zero attached hydrogens (tertiary/aromatic N) is 2. The van der Waals surface area contributed by atoms with Crippen LogP contribution in [-0.2, 0) is 0 Å². The van der Waals surface area contributed by atoms with Crippen LogP contribution in [-0.4, -0.2) is 25.8 Å². The summed E-state index contributed by atoms with van der Waals surface area (Å²) in [5, 5.41) is 3.08. The second-order valence-electron chi connectivity index (χ2n) is 5.17. The Morgan fingerprint density at radius 1 is 1.04 bits per heavy atom. The molecule has 2 aromatic carbocycles. The highest BCUT2D eigenvalue weighted by Gasteiger charge is 2.18. The molecule has 1 N–H and O–H groups in total. The number of para-hydroxylation sites is 1. The number of H-pyrrole nitrogens is 1. The van der Waals surface area contributed by atoms with Crippen molar-refractivity contribution in [1.82, 2.24) is 14.8 Å². The minimum absolute atomic E-state index is 0.00371. The molecule has 1 aromatic heterocycles. The van der Waals surface area contributed by atoms with Gasteiger partial charge in [-0.2, -0.15) is 9.78 Å². The predicted octanol–water partition coefficient (Wildman–Crippen LogP) is 2.18. The summed E-state index contributed by atoms with van der Waals surface area (Å²) in [5.41, 5.74) is -0.972. The summed E-state index contributed by atoms with van der Waals surface area (Å²) in [6.07, 6.45) is 0.926. The zero-order valence-electron chi connectivity index (χ0n) is 12.9. The summed E-state index contributed by atoms with van der Waals surface area (Å²) < 4.78 is 0.901. The average molecular weight is 390 g/mol. The quantitative estimate of drug-likeness (QED) is 0.544. The normalized spacial score (nSPS) is 10.5. The van der Waals surface area contributed by atoms with E-state index in [0.29, 0.717) is 0 Å². The number of nitrogens with one attached hydrogen (secondary N) is 1. The molecule has 0 aliphatic heterocycles. The lowest BCUT2D eigenvalue weighted by atomic mass is 10.00. The van der Waals surface area contributed by atoms with Crippen molar-refractivity contribution < 1.29 is 9.59 Å². The molecule has 0 atom stereocenters. The third-order valence-corrected chi connectivity index (χ3v) is 4.06. The van der Waals surface area contributed by atoms with Gasteiger partial charge in [0.15, 0.2) is 5.78 Å². The molecule has 0 saturated carbocycles. The van der Waals surface area contributed by atoms with Crippen LogP contribution < -0.4 is 11.2 Å². The van der Waals surface area contributed by atoms with Gasteiger partial charge in [-0.25, -0.2) is 4.79 Å². The molecule has 0 aliphatic carbocycles. The maximum absolute atomic E-state index is 12.9. The number of hydrogen-bond acceptors (Lipinski definition) is 5. The van der Waals surface area contributed by atoms with Crippen molar-refractivity contribution in [2.45, 2.75) is 0 Å². The summed E-state index contributed by atoms with van der Waals surface area (Å²) >= 11 is 11.4. The molecule has 0 amide bonds. The highest BCUT2D eigenvalue weighted by atomic mass is 35.5. The summed E-state index contributed by atoms with van der Waals surface area (Å²) in [6, 6.07) is 10.3. The number of ketones is 1. The van der Waals surface area contributed by atoms with Crippen LogP contribution in [0.1, 0.15) is 26.3 Å². The highest BCUT2D eigenvalue weighted by Crippen LogP contribution is 2.23. The number of aromatic nitrogens is 3. The SMILES string of the molecule is O=C(Cl)c1cc(C(=O)c2ccccc2-n2ncc(=O)[nH]c2=O)ccc1Cl. The van der Waals surface area contributed by atoms with Crippen LogP contribution in [0.4, 0.5) is 0 Å². The molecular weight excluding hydrogens is 381 g/mol. The fourth-order valence-corrected chi connectivity index (χ4v) is 2.76. The van der Waals surface area contributed by atoms with Gasteiger partial charge in [0, 0.05) is 11.1 Å². The largest absolute Gasteiger partial charge is 0.349 e. The summed E-state index contributed by atoms with van der Waals surface area (Å²) in [4.78, 5) is 49.6. The van der Waals surface area contributed by atoms with Crippen LogP contribution in [0.5, 0.6) is 0 Å². The Labute approximate surface area is 155 Å². The Kier molecular flexibility index (Phi) is 4.83. The lowest BCUT2D eigenvalue weighted by Gasteiger charge is -2.10. The van der Waals surface area contributed by atoms with E-state index in [4.69, 9.17) is 23.2 Å². The van der Waals surface area contributed by atoms with E-state index in [2.05, 4.69) is 10.1 Å². The van der Waals surface area contributed by atoms with Crippen LogP contribution in [0.15, 0.2) is 58.3 Å². The van der Waals surface area contributed by atoms with Crippen molar-refractivity contribution in [3.05, 3.63) is 91.2 Å². The standard InChI is InChI=1S/C17H9Cl2N3O4/c18-12-6-5-9(7-11(12)16(19)25)15(24)10-3-1-2-4-13(10)22-17(26)21-14(23)8-20-22/h1-8H,(H,21,23,26). The van der Waals surface area contributed by atoms with Gasteiger partial charge in [-0.05, 0) is 41.9 Å². The maximum Gasteiger partial charge on any atom is 0.349 e. The average Bonchev–Trinajstić information content (AvgIpc) is 2.61. The van der Waals surface area contributed by atoms with Crippen molar-refractivity contribution in [3.63, 3.8) is 0 Å². The first-order valence-corrected chi connectivity index (χ1v) is 7.96. The molecule has 3 rings (SSSR count). The Hall–Kier alpha value is -3.03. The van der Waals surface area contributed by atoms with Gasteiger partial charge in [0.1, 0.15) is 6.20 Å². The number of halogens is 2. The second-order valence-corrected chi connectivity index (χ2v) is 5.92.